The summed E-state index contributed by atoms with van der Waals surface area (Å²) in [5.74, 6) is -0.364. The number of anilines is 1. The van der Waals surface area contributed by atoms with Gasteiger partial charge in [0.2, 0.25) is 11.8 Å². The molecule has 0 spiro atoms. The van der Waals surface area contributed by atoms with Gasteiger partial charge in [0.05, 0.1) is 96.3 Å². The molecular weight excluding hydrogens is 749 g/mol. The number of fused-ring (bicyclic) bond motifs is 2. The van der Waals surface area contributed by atoms with Crippen molar-refractivity contribution in [2.45, 2.75) is 45.1 Å². The fourth-order valence-corrected chi connectivity index (χ4v) is 6.22. The topological polar surface area (TPSA) is 195 Å². The molecule has 1 aliphatic heterocycles. The normalized spacial score (nSPS) is 14.2. The molecule has 0 aromatic heterocycles. The standard InChI is InChI=1S/C38H60N5O10PS/c1-40-17-20-48-22-24-50-26-28-52-29-27-51-25-23-49-21-18-42-38-33-12-6-7-13-34(33)43(30-31-10-4-5-11-32(31)37(38)39)36(45)15-14-35(44)41-16-8-2-3-9-19-53-54(46,47)55/h4-7,10-13,40,42H,2-3,8-9,14-30,39H2,1H3,(H,41,44)(H2,46,47,55)/b38-37-. The van der Waals surface area contributed by atoms with Gasteiger partial charge < -0.3 is 64.6 Å². The van der Waals surface area contributed by atoms with E-state index < -0.39 is 6.72 Å². The van der Waals surface area contributed by atoms with Crippen molar-refractivity contribution >= 4 is 47.4 Å². The molecule has 7 N–H and O–H groups in total. The number of rotatable bonds is 30. The van der Waals surface area contributed by atoms with Crippen LogP contribution >= 0.6 is 6.72 Å². The number of nitrogens with zero attached hydrogens (tertiary/aromatic N) is 1. The van der Waals surface area contributed by atoms with E-state index in [-0.39, 0.29) is 31.3 Å². The summed E-state index contributed by atoms with van der Waals surface area (Å²) in [6.07, 6.45) is 3.15. The van der Waals surface area contributed by atoms with Crippen molar-refractivity contribution in [1.29, 1.82) is 0 Å². The minimum atomic E-state index is -3.61. The quantitative estimate of drug-likeness (QED) is 0.0498. The van der Waals surface area contributed by atoms with Crippen LogP contribution in [0.2, 0.25) is 0 Å². The van der Waals surface area contributed by atoms with Crippen LogP contribution in [0.4, 0.5) is 5.69 Å². The van der Waals surface area contributed by atoms with Crippen molar-refractivity contribution in [3.05, 3.63) is 65.2 Å². The zero-order valence-electron chi connectivity index (χ0n) is 32.0. The summed E-state index contributed by atoms with van der Waals surface area (Å²) in [4.78, 5) is 46.4. The molecule has 0 saturated carbocycles. The molecule has 2 aromatic rings. The average Bonchev–Trinajstić information content (AvgIpc) is 3.17. The lowest BCUT2D eigenvalue weighted by Gasteiger charge is -2.30. The zero-order valence-corrected chi connectivity index (χ0v) is 33.7. The van der Waals surface area contributed by atoms with E-state index in [1.165, 1.54) is 0 Å². The lowest BCUT2D eigenvalue weighted by atomic mass is 9.96. The molecule has 3 rings (SSSR count). The molecule has 1 aliphatic rings. The van der Waals surface area contributed by atoms with Crippen molar-refractivity contribution < 1.29 is 47.6 Å². The number of carbonyl (C=O) groups excluding carboxylic acids is 2. The fourth-order valence-electron chi connectivity index (χ4n) is 5.63. The largest absolute Gasteiger partial charge is 0.397 e. The molecule has 308 valence electrons. The van der Waals surface area contributed by atoms with E-state index in [9.17, 15) is 9.59 Å². The summed E-state index contributed by atoms with van der Waals surface area (Å²) < 4.78 is 32.6. The Balaban J connectivity index is 1.42. The summed E-state index contributed by atoms with van der Waals surface area (Å²) in [5, 5.41) is 9.37. The monoisotopic (exact) mass is 809 g/mol. The molecule has 0 fully saturated rings. The zero-order chi connectivity index (χ0) is 39.6. The number of likely N-dealkylation sites (N-methyl/N-ethyl adjacent to an activating group) is 1. The number of para-hydroxylation sites is 1. The Morgan fingerprint density at radius 1 is 0.727 bits per heavy atom. The molecule has 55 heavy (non-hydrogen) atoms. The third kappa shape index (κ3) is 19.1. The lowest BCUT2D eigenvalue weighted by molar-refractivity contribution is -0.125. The number of amides is 2. The summed E-state index contributed by atoms with van der Waals surface area (Å²) in [6, 6.07) is 15.4. The van der Waals surface area contributed by atoms with Crippen molar-refractivity contribution in [3.8, 4) is 0 Å². The van der Waals surface area contributed by atoms with E-state index in [1.807, 2.05) is 55.6 Å². The highest BCUT2D eigenvalue weighted by Crippen LogP contribution is 2.36. The van der Waals surface area contributed by atoms with Crippen LogP contribution in [0, 0.1) is 0 Å². The number of carbonyl (C=O) groups is 2. The van der Waals surface area contributed by atoms with E-state index in [1.54, 1.807) is 4.90 Å². The number of benzene rings is 2. The first-order chi connectivity index (χ1) is 26.7. The summed E-state index contributed by atoms with van der Waals surface area (Å²) >= 11 is 4.43. The number of ether oxygens (including phenoxy) is 5. The van der Waals surface area contributed by atoms with Crippen LogP contribution < -0.4 is 26.6 Å². The van der Waals surface area contributed by atoms with Crippen molar-refractivity contribution in [1.82, 2.24) is 16.0 Å². The molecule has 2 aromatic carbocycles. The van der Waals surface area contributed by atoms with Crippen LogP contribution in [0.15, 0.2) is 48.5 Å². The van der Waals surface area contributed by atoms with Gasteiger partial charge in [0.15, 0.2) is 0 Å². The number of unbranched alkanes of at least 4 members (excludes halogenated alkanes) is 3. The second kappa shape index (κ2) is 27.6. The van der Waals surface area contributed by atoms with Gasteiger partial charge in [-0.3, -0.25) is 9.59 Å². The second-order valence-corrected chi connectivity index (χ2v) is 15.3. The molecule has 15 nitrogen and oxygen atoms in total. The maximum atomic E-state index is 13.8. The predicted octanol–water partition coefficient (Wildman–Crippen LogP) is 2.89. The minimum absolute atomic E-state index is 0.0415. The summed E-state index contributed by atoms with van der Waals surface area (Å²) in [5.41, 5.74) is 11.3. The molecule has 2 amide bonds. The van der Waals surface area contributed by atoms with Gasteiger partial charge in [-0.25, -0.2) is 0 Å². The average molecular weight is 810 g/mol. The van der Waals surface area contributed by atoms with Gasteiger partial charge in [-0.1, -0.05) is 55.3 Å². The van der Waals surface area contributed by atoms with Gasteiger partial charge >= 0.3 is 6.72 Å². The van der Waals surface area contributed by atoms with Crippen LogP contribution in [-0.4, -0.2) is 121 Å². The molecular formula is C38H60N5O10PS. The first-order valence-electron chi connectivity index (χ1n) is 18.9. The van der Waals surface area contributed by atoms with Gasteiger partial charge in [-0.05, 0) is 43.3 Å². The second-order valence-electron chi connectivity index (χ2n) is 12.6. The number of hydrogen-bond donors (Lipinski definition) is 6. The lowest BCUT2D eigenvalue weighted by Crippen LogP contribution is -2.35. The van der Waals surface area contributed by atoms with Crippen LogP contribution in [0.3, 0.4) is 0 Å². The number of nitrogens with one attached hydrogen (secondary N) is 3. The Labute approximate surface area is 330 Å². The Morgan fingerprint density at radius 2 is 1.29 bits per heavy atom. The van der Waals surface area contributed by atoms with Crippen LogP contribution in [0.25, 0.3) is 11.4 Å². The Bertz CT molecular complexity index is 1500. The van der Waals surface area contributed by atoms with Crippen molar-refractivity contribution in [2.75, 3.05) is 104 Å². The molecule has 1 heterocycles. The molecule has 0 atom stereocenters. The highest BCUT2D eigenvalue weighted by atomic mass is 32.5. The maximum absolute atomic E-state index is 13.8. The van der Waals surface area contributed by atoms with E-state index in [0.29, 0.717) is 109 Å². The van der Waals surface area contributed by atoms with Crippen LogP contribution in [0.5, 0.6) is 0 Å². The smallest absolute Gasteiger partial charge is 0.321 e. The Morgan fingerprint density at radius 3 is 1.93 bits per heavy atom. The van der Waals surface area contributed by atoms with Gasteiger partial charge in [0.1, 0.15) is 0 Å². The van der Waals surface area contributed by atoms with Gasteiger partial charge in [0, 0.05) is 43.6 Å². The van der Waals surface area contributed by atoms with Crippen LogP contribution in [0.1, 0.15) is 55.2 Å². The SMILES string of the molecule is CNCCOCCOCCOCCOCCOCCN/C1=C(\N)c2ccccc2CN(C(=O)CCC(=O)NCCCCCCOP(O)(O)=S)c2ccccc21. The van der Waals surface area contributed by atoms with Crippen molar-refractivity contribution in [2.24, 2.45) is 5.73 Å². The molecule has 0 saturated heterocycles. The number of hydrogen-bond acceptors (Lipinski definition) is 12. The Kier molecular flexibility index (Phi) is 23.3. The van der Waals surface area contributed by atoms with E-state index in [2.05, 4.69) is 27.8 Å². The molecule has 0 bridgehead atoms. The van der Waals surface area contributed by atoms with Gasteiger partial charge in [-0.15, -0.1) is 0 Å². The Hall–Kier alpha value is -2.99. The van der Waals surface area contributed by atoms with Crippen molar-refractivity contribution in [3.63, 3.8) is 0 Å². The highest BCUT2D eigenvalue weighted by molar-refractivity contribution is 8.06. The third-order valence-electron chi connectivity index (χ3n) is 8.42. The number of nitrogens with two attached hydrogens (primary N) is 1. The predicted molar refractivity (Wildman–Crippen MR) is 216 cm³/mol. The molecule has 0 aliphatic carbocycles. The summed E-state index contributed by atoms with van der Waals surface area (Å²) in [7, 11) is 1.89. The minimum Gasteiger partial charge on any atom is -0.397 e. The van der Waals surface area contributed by atoms with E-state index in [4.69, 9.17) is 43.7 Å². The summed E-state index contributed by atoms with van der Waals surface area (Å²) in [6.45, 7) is 3.65. The molecule has 17 heteroatoms. The molecule has 0 unspecified atom stereocenters. The van der Waals surface area contributed by atoms with Gasteiger partial charge in [-0.2, -0.15) is 0 Å². The first kappa shape index (κ1) is 46.4. The molecule has 0 radical (unpaired) electrons. The van der Waals surface area contributed by atoms with Crippen LogP contribution in [-0.2, 0) is 56.1 Å². The first-order valence-corrected chi connectivity index (χ1v) is 21.6. The van der Waals surface area contributed by atoms with Gasteiger partial charge in [0.25, 0.3) is 0 Å². The third-order valence-corrected chi connectivity index (χ3v) is 9.26. The van der Waals surface area contributed by atoms with E-state index in [0.717, 1.165) is 42.5 Å². The highest BCUT2D eigenvalue weighted by Gasteiger charge is 2.26. The maximum Gasteiger partial charge on any atom is 0.321 e. The van der Waals surface area contributed by atoms with E-state index >= 15 is 0 Å². The fraction of sp³-hybridized carbons (Fsp3) is 0.579.